The Kier molecular flexibility index (Phi) is 5.47. The van der Waals surface area contributed by atoms with Gasteiger partial charge in [-0.05, 0) is 19.9 Å². The minimum atomic E-state index is -0.670. The van der Waals surface area contributed by atoms with Crippen LogP contribution in [0.1, 0.15) is 24.2 Å². The number of anilines is 1. The standard InChI is InChI=1S/C12H17ClN4O4/c1-12(2,21-3)6-15-11(18)7-4-8(13)10(16-14)9(5-7)17(19)20/h4-5,16H,6,14H2,1-3H3,(H,15,18). The van der Waals surface area contributed by atoms with Gasteiger partial charge in [-0.2, -0.15) is 0 Å². The molecule has 1 amide bonds. The molecule has 9 heteroatoms. The number of amides is 1. The Morgan fingerprint density at radius 1 is 1.52 bits per heavy atom. The first kappa shape index (κ1) is 17.2. The van der Waals surface area contributed by atoms with Gasteiger partial charge in [0.05, 0.1) is 15.5 Å². The van der Waals surface area contributed by atoms with Crippen LogP contribution in [0, 0.1) is 10.1 Å². The van der Waals surface area contributed by atoms with Gasteiger partial charge in [0.2, 0.25) is 0 Å². The highest BCUT2D eigenvalue weighted by molar-refractivity contribution is 6.34. The molecule has 0 spiro atoms. The molecule has 8 nitrogen and oxygen atoms in total. The van der Waals surface area contributed by atoms with Crippen LogP contribution in [-0.4, -0.2) is 30.1 Å². The van der Waals surface area contributed by atoms with Gasteiger partial charge in [0, 0.05) is 25.3 Å². The van der Waals surface area contributed by atoms with Crippen LogP contribution >= 0.6 is 11.6 Å². The van der Waals surface area contributed by atoms with E-state index in [1.807, 2.05) is 0 Å². The van der Waals surface area contributed by atoms with E-state index in [2.05, 4.69) is 10.7 Å². The van der Waals surface area contributed by atoms with Crippen molar-refractivity contribution >= 4 is 28.9 Å². The van der Waals surface area contributed by atoms with Crippen LogP contribution < -0.4 is 16.6 Å². The van der Waals surface area contributed by atoms with Crippen LogP contribution in [0.25, 0.3) is 0 Å². The van der Waals surface area contributed by atoms with E-state index in [-0.39, 0.29) is 28.5 Å². The fourth-order valence-electron chi connectivity index (χ4n) is 1.48. The lowest BCUT2D eigenvalue weighted by Crippen LogP contribution is -2.39. The number of rotatable bonds is 6. The number of nitro benzene ring substituents is 1. The van der Waals surface area contributed by atoms with Crippen molar-refractivity contribution in [2.24, 2.45) is 5.84 Å². The zero-order valence-electron chi connectivity index (χ0n) is 11.9. The minimum absolute atomic E-state index is 0.0112. The summed E-state index contributed by atoms with van der Waals surface area (Å²) >= 11 is 5.89. The summed E-state index contributed by atoms with van der Waals surface area (Å²) in [7, 11) is 1.52. The Labute approximate surface area is 126 Å². The van der Waals surface area contributed by atoms with Crippen LogP contribution in [0.2, 0.25) is 5.02 Å². The normalized spacial score (nSPS) is 11.1. The lowest BCUT2D eigenvalue weighted by Gasteiger charge is -2.23. The number of hydrogen-bond donors (Lipinski definition) is 3. The van der Waals surface area contributed by atoms with Gasteiger partial charge in [0.1, 0.15) is 5.69 Å². The summed E-state index contributed by atoms with van der Waals surface area (Å²) in [6.07, 6.45) is 0. The molecule has 1 rings (SSSR count). The molecule has 0 aliphatic rings. The molecule has 0 fully saturated rings. The lowest BCUT2D eigenvalue weighted by molar-refractivity contribution is -0.384. The number of methoxy groups -OCH3 is 1. The van der Waals surface area contributed by atoms with E-state index >= 15 is 0 Å². The fraction of sp³-hybridized carbons (Fsp3) is 0.417. The second kappa shape index (κ2) is 6.70. The second-order valence-corrected chi connectivity index (χ2v) is 5.31. The summed E-state index contributed by atoms with van der Waals surface area (Å²) in [4.78, 5) is 22.3. The Hall–Kier alpha value is -1.90. The van der Waals surface area contributed by atoms with E-state index in [1.165, 1.54) is 13.2 Å². The highest BCUT2D eigenvalue weighted by Gasteiger charge is 2.22. The number of benzene rings is 1. The molecular weight excluding hydrogens is 300 g/mol. The molecular formula is C12H17ClN4O4. The molecule has 4 N–H and O–H groups in total. The van der Waals surface area contributed by atoms with Gasteiger partial charge in [-0.1, -0.05) is 11.6 Å². The molecule has 0 bridgehead atoms. The number of carbonyl (C=O) groups excluding carboxylic acids is 1. The van der Waals surface area contributed by atoms with Gasteiger partial charge in [-0.25, -0.2) is 0 Å². The van der Waals surface area contributed by atoms with Crippen LogP contribution in [-0.2, 0) is 4.74 Å². The average Bonchev–Trinajstić information content (AvgIpc) is 2.43. The Bertz CT molecular complexity index is 562. The van der Waals surface area contributed by atoms with Gasteiger partial charge >= 0.3 is 0 Å². The summed E-state index contributed by atoms with van der Waals surface area (Å²) in [5.41, 5.74) is 1.25. The zero-order valence-corrected chi connectivity index (χ0v) is 12.7. The van der Waals surface area contributed by atoms with Gasteiger partial charge < -0.3 is 15.5 Å². The number of nitrogens with one attached hydrogen (secondary N) is 2. The Balaban J connectivity index is 3.03. The summed E-state index contributed by atoms with van der Waals surface area (Å²) in [5.74, 6) is 4.70. The number of hydrogen-bond acceptors (Lipinski definition) is 6. The molecule has 0 unspecified atom stereocenters. The first-order valence-electron chi connectivity index (χ1n) is 5.99. The number of halogens is 1. The smallest absolute Gasteiger partial charge is 0.295 e. The van der Waals surface area contributed by atoms with E-state index in [1.54, 1.807) is 13.8 Å². The molecule has 0 saturated carbocycles. The highest BCUT2D eigenvalue weighted by atomic mass is 35.5. The third kappa shape index (κ3) is 4.28. The average molecular weight is 317 g/mol. The third-order valence-electron chi connectivity index (χ3n) is 2.90. The molecule has 1 aromatic rings. The molecule has 0 heterocycles. The van der Waals surface area contributed by atoms with Gasteiger partial charge in [0.15, 0.2) is 0 Å². The first-order chi connectivity index (χ1) is 9.71. The molecule has 0 aliphatic heterocycles. The van der Waals surface area contributed by atoms with Gasteiger partial charge in [-0.3, -0.25) is 20.8 Å². The molecule has 116 valence electrons. The molecule has 0 aromatic heterocycles. The van der Waals surface area contributed by atoms with E-state index in [9.17, 15) is 14.9 Å². The van der Waals surface area contributed by atoms with Crippen molar-refractivity contribution in [1.29, 1.82) is 0 Å². The second-order valence-electron chi connectivity index (χ2n) is 4.90. The van der Waals surface area contributed by atoms with E-state index in [0.717, 1.165) is 6.07 Å². The van der Waals surface area contributed by atoms with Crippen LogP contribution in [0.15, 0.2) is 12.1 Å². The summed E-state index contributed by atoms with van der Waals surface area (Å²) in [6, 6.07) is 2.41. The maximum absolute atomic E-state index is 12.0. The predicted molar refractivity (Wildman–Crippen MR) is 79.3 cm³/mol. The first-order valence-corrected chi connectivity index (χ1v) is 6.37. The van der Waals surface area contributed by atoms with Crippen molar-refractivity contribution in [3.8, 4) is 0 Å². The van der Waals surface area contributed by atoms with Crippen LogP contribution in [0.4, 0.5) is 11.4 Å². The largest absolute Gasteiger partial charge is 0.377 e. The summed E-state index contributed by atoms with van der Waals surface area (Å²) in [6.45, 7) is 3.83. The van der Waals surface area contributed by atoms with Crippen molar-refractivity contribution in [3.63, 3.8) is 0 Å². The molecule has 1 aromatic carbocycles. The number of nitrogens with two attached hydrogens (primary N) is 1. The molecule has 0 aliphatic carbocycles. The van der Waals surface area contributed by atoms with Gasteiger partial charge in [0.25, 0.3) is 11.6 Å². The highest BCUT2D eigenvalue weighted by Crippen LogP contribution is 2.32. The Morgan fingerprint density at radius 2 is 2.14 bits per heavy atom. The number of nitrogens with zero attached hydrogens (tertiary/aromatic N) is 1. The summed E-state index contributed by atoms with van der Waals surface area (Å²) in [5, 5.41) is 13.6. The topological polar surface area (TPSA) is 120 Å². The predicted octanol–water partition coefficient (Wildman–Crippen LogP) is 1.69. The number of hydrazine groups is 1. The van der Waals surface area contributed by atoms with Crippen molar-refractivity contribution in [2.45, 2.75) is 19.4 Å². The number of ether oxygens (including phenoxy) is 1. The summed E-state index contributed by atoms with van der Waals surface area (Å²) < 4.78 is 5.17. The third-order valence-corrected chi connectivity index (χ3v) is 3.20. The van der Waals surface area contributed by atoms with E-state index < -0.39 is 16.4 Å². The Morgan fingerprint density at radius 3 is 2.62 bits per heavy atom. The van der Waals surface area contributed by atoms with Crippen molar-refractivity contribution in [3.05, 3.63) is 32.8 Å². The number of nitrogen functional groups attached to an aromatic ring is 1. The van der Waals surface area contributed by atoms with Crippen molar-refractivity contribution in [1.82, 2.24) is 5.32 Å². The molecule has 0 radical (unpaired) electrons. The van der Waals surface area contributed by atoms with Crippen LogP contribution in [0.5, 0.6) is 0 Å². The van der Waals surface area contributed by atoms with Crippen LogP contribution in [0.3, 0.4) is 0 Å². The molecule has 21 heavy (non-hydrogen) atoms. The van der Waals surface area contributed by atoms with E-state index in [4.69, 9.17) is 22.2 Å². The minimum Gasteiger partial charge on any atom is -0.377 e. The van der Waals surface area contributed by atoms with Gasteiger partial charge in [-0.15, -0.1) is 0 Å². The number of nitro groups is 1. The van der Waals surface area contributed by atoms with Crippen molar-refractivity contribution < 1.29 is 14.5 Å². The fourth-order valence-corrected chi connectivity index (χ4v) is 1.75. The maximum atomic E-state index is 12.0. The molecule has 0 saturated heterocycles. The van der Waals surface area contributed by atoms with E-state index in [0.29, 0.717) is 0 Å². The molecule has 0 atom stereocenters. The quantitative estimate of drug-likeness (QED) is 0.417. The lowest BCUT2D eigenvalue weighted by atomic mass is 10.1. The van der Waals surface area contributed by atoms with Crippen molar-refractivity contribution in [2.75, 3.05) is 19.1 Å². The SMILES string of the molecule is COC(C)(C)CNC(=O)c1cc(Cl)c(NN)c([N+](=O)[O-])c1. The maximum Gasteiger partial charge on any atom is 0.295 e. The number of carbonyl (C=O) groups is 1. The zero-order chi connectivity index (χ0) is 16.2. The monoisotopic (exact) mass is 316 g/mol.